The molecule has 2 rings (SSSR count). The first-order chi connectivity index (χ1) is 7.65. The van der Waals surface area contributed by atoms with Crippen LogP contribution in [0.25, 0.3) is 0 Å². The molecule has 4 heteroatoms. The van der Waals surface area contributed by atoms with Crippen LogP contribution in [0.15, 0.2) is 40.8 Å². The minimum atomic E-state index is -1.07. The molecule has 0 atom stereocenters. The second-order valence-electron chi connectivity index (χ2n) is 3.41. The number of carbonyl (C=O) groups is 1. The molecule has 82 valence electrons. The van der Waals surface area contributed by atoms with E-state index in [1.165, 1.54) is 6.07 Å². The Morgan fingerprint density at radius 3 is 2.38 bits per heavy atom. The molecular formula is C12H10O4. The molecule has 0 spiro atoms. The van der Waals surface area contributed by atoms with E-state index in [9.17, 15) is 4.79 Å². The van der Waals surface area contributed by atoms with E-state index in [0.29, 0.717) is 12.2 Å². The van der Waals surface area contributed by atoms with E-state index in [2.05, 4.69) is 0 Å². The summed E-state index contributed by atoms with van der Waals surface area (Å²) < 4.78 is 5.12. The summed E-state index contributed by atoms with van der Waals surface area (Å²) in [6, 6.07) is 9.75. The fourth-order valence-electron chi connectivity index (χ4n) is 1.40. The molecular weight excluding hydrogens is 208 g/mol. The molecule has 0 amide bonds. The molecule has 2 N–H and O–H groups in total. The Kier molecular flexibility index (Phi) is 2.64. The van der Waals surface area contributed by atoms with E-state index in [-0.39, 0.29) is 11.5 Å². The molecule has 2 aromatic rings. The fraction of sp³-hybridized carbons (Fsp3) is 0.0833. The lowest BCUT2D eigenvalue weighted by Crippen LogP contribution is -1.92. The van der Waals surface area contributed by atoms with Gasteiger partial charge in [0, 0.05) is 6.42 Å². The summed E-state index contributed by atoms with van der Waals surface area (Å²) in [6.45, 7) is 0. The second-order valence-corrected chi connectivity index (χ2v) is 3.41. The topological polar surface area (TPSA) is 70.7 Å². The first-order valence-corrected chi connectivity index (χ1v) is 4.75. The molecule has 1 aromatic carbocycles. The lowest BCUT2D eigenvalue weighted by molar-refractivity contribution is 0.0660. The maximum Gasteiger partial charge on any atom is 0.371 e. The average molecular weight is 218 g/mol. The molecule has 0 saturated carbocycles. The van der Waals surface area contributed by atoms with Crippen LogP contribution in [-0.4, -0.2) is 16.2 Å². The first-order valence-electron chi connectivity index (χ1n) is 4.75. The molecule has 1 aromatic heterocycles. The highest BCUT2D eigenvalue weighted by atomic mass is 16.4. The SMILES string of the molecule is O=C(O)c1ccc(Cc2ccc(O)cc2)o1. The van der Waals surface area contributed by atoms with Crippen molar-refractivity contribution in [2.45, 2.75) is 6.42 Å². The zero-order chi connectivity index (χ0) is 11.5. The van der Waals surface area contributed by atoms with Crippen molar-refractivity contribution in [1.29, 1.82) is 0 Å². The van der Waals surface area contributed by atoms with Crippen LogP contribution in [0.3, 0.4) is 0 Å². The molecule has 1 heterocycles. The fourth-order valence-corrected chi connectivity index (χ4v) is 1.40. The molecule has 0 bridgehead atoms. The summed E-state index contributed by atoms with van der Waals surface area (Å²) in [5.74, 6) is -0.344. The number of hydrogen-bond acceptors (Lipinski definition) is 3. The highest BCUT2D eigenvalue weighted by Gasteiger charge is 2.08. The molecule has 0 fully saturated rings. The van der Waals surface area contributed by atoms with E-state index >= 15 is 0 Å². The van der Waals surface area contributed by atoms with Gasteiger partial charge in [0.15, 0.2) is 0 Å². The van der Waals surface area contributed by atoms with Gasteiger partial charge in [-0.2, -0.15) is 0 Å². The highest BCUT2D eigenvalue weighted by Crippen LogP contribution is 2.15. The monoisotopic (exact) mass is 218 g/mol. The van der Waals surface area contributed by atoms with Crippen LogP contribution in [0.1, 0.15) is 21.9 Å². The maximum absolute atomic E-state index is 10.6. The van der Waals surface area contributed by atoms with E-state index in [1.54, 1.807) is 30.3 Å². The number of phenols is 1. The van der Waals surface area contributed by atoms with E-state index in [4.69, 9.17) is 14.6 Å². The number of phenolic OH excluding ortho intramolecular Hbond substituents is 1. The third-order valence-electron chi connectivity index (χ3n) is 2.19. The van der Waals surface area contributed by atoms with Crippen molar-refractivity contribution < 1.29 is 19.4 Å². The predicted octanol–water partition coefficient (Wildman–Crippen LogP) is 2.27. The first kappa shape index (κ1) is 10.3. The van der Waals surface area contributed by atoms with E-state index < -0.39 is 5.97 Å². The van der Waals surface area contributed by atoms with Crippen molar-refractivity contribution in [2.24, 2.45) is 0 Å². The highest BCUT2D eigenvalue weighted by molar-refractivity contribution is 5.84. The summed E-state index contributed by atoms with van der Waals surface area (Å²) in [5.41, 5.74) is 0.948. The summed E-state index contributed by atoms with van der Waals surface area (Å²) in [4.78, 5) is 10.6. The van der Waals surface area contributed by atoms with Gasteiger partial charge in [-0.1, -0.05) is 12.1 Å². The van der Waals surface area contributed by atoms with Crippen molar-refractivity contribution in [3.05, 3.63) is 53.5 Å². The van der Waals surface area contributed by atoms with E-state index in [0.717, 1.165) is 5.56 Å². The van der Waals surface area contributed by atoms with Crippen molar-refractivity contribution in [3.8, 4) is 5.75 Å². The van der Waals surface area contributed by atoms with Crippen LogP contribution >= 0.6 is 0 Å². The zero-order valence-electron chi connectivity index (χ0n) is 8.38. The van der Waals surface area contributed by atoms with Gasteiger partial charge in [-0.15, -0.1) is 0 Å². The van der Waals surface area contributed by atoms with Gasteiger partial charge in [0.25, 0.3) is 0 Å². The minimum Gasteiger partial charge on any atom is -0.508 e. The molecule has 4 nitrogen and oxygen atoms in total. The van der Waals surface area contributed by atoms with Gasteiger partial charge >= 0.3 is 5.97 Å². The number of carboxylic acids is 1. The number of carboxylic acid groups (broad SMARTS) is 1. The zero-order valence-corrected chi connectivity index (χ0v) is 8.38. The standard InChI is InChI=1S/C12H10O4/c13-9-3-1-8(2-4-9)7-10-5-6-11(16-10)12(14)15/h1-6,13H,7H2,(H,14,15). The number of aromatic carboxylic acids is 1. The van der Waals surface area contributed by atoms with Crippen LogP contribution in [0.4, 0.5) is 0 Å². The number of hydrogen-bond donors (Lipinski definition) is 2. The van der Waals surface area contributed by atoms with E-state index in [1.807, 2.05) is 0 Å². The molecule has 16 heavy (non-hydrogen) atoms. The van der Waals surface area contributed by atoms with Crippen LogP contribution < -0.4 is 0 Å². The summed E-state index contributed by atoms with van der Waals surface area (Å²) >= 11 is 0. The number of furan rings is 1. The Morgan fingerprint density at radius 1 is 1.12 bits per heavy atom. The van der Waals surface area contributed by atoms with Gasteiger partial charge in [0.1, 0.15) is 11.5 Å². The van der Waals surface area contributed by atoms with Crippen LogP contribution in [0.5, 0.6) is 5.75 Å². The van der Waals surface area contributed by atoms with Crippen LogP contribution in [0, 0.1) is 0 Å². The normalized spacial score (nSPS) is 10.2. The Hall–Kier alpha value is -2.23. The second kappa shape index (κ2) is 4.10. The van der Waals surface area contributed by atoms with Crippen LogP contribution in [0.2, 0.25) is 0 Å². The van der Waals surface area contributed by atoms with Crippen molar-refractivity contribution in [2.75, 3.05) is 0 Å². The average Bonchev–Trinajstić information content (AvgIpc) is 2.70. The van der Waals surface area contributed by atoms with Crippen molar-refractivity contribution >= 4 is 5.97 Å². The lowest BCUT2D eigenvalue weighted by atomic mass is 10.1. The van der Waals surface area contributed by atoms with Gasteiger partial charge in [0.05, 0.1) is 0 Å². The lowest BCUT2D eigenvalue weighted by Gasteiger charge is -1.98. The van der Waals surface area contributed by atoms with Gasteiger partial charge in [-0.05, 0) is 29.8 Å². The molecule has 0 radical (unpaired) electrons. The molecule has 0 aliphatic rings. The van der Waals surface area contributed by atoms with Gasteiger partial charge in [-0.3, -0.25) is 0 Å². The molecule has 0 saturated heterocycles. The predicted molar refractivity (Wildman–Crippen MR) is 56.6 cm³/mol. The van der Waals surface area contributed by atoms with Crippen molar-refractivity contribution in [3.63, 3.8) is 0 Å². The smallest absolute Gasteiger partial charge is 0.371 e. The summed E-state index contributed by atoms with van der Waals surface area (Å²) in [5, 5.41) is 17.8. The summed E-state index contributed by atoms with van der Waals surface area (Å²) in [6.07, 6.45) is 0.507. The Bertz CT molecular complexity index is 496. The molecule has 0 unspecified atom stereocenters. The molecule has 0 aliphatic heterocycles. The Morgan fingerprint density at radius 2 is 1.81 bits per heavy atom. The minimum absolute atomic E-state index is 0.0613. The maximum atomic E-state index is 10.6. The Balaban J connectivity index is 2.14. The Labute approximate surface area is 91.8 Å². The van der Waals surface area contributed by atoms with Gasteiger partial charge in [0.2, 0.25) is 5.76 Å². The van der Waals surface area contributed by atoms with Gasteiger partial charge in [-0.25, -0.2) is 4.79 Å². The summed E-state index contributed by atoms with van der Waals surface area (Å²) in [7, 11) is 0. The van der Waals surface area contributed by atoms with Crippen LogP contribution in [-0.2, 0) is 6.42 Å². The molecule has 0 aliphatic carbocycles. The number of rotatable bonds is 3. The number of aromatic hydroxyl groups is 1. The third-order valence-corrected chi connectivity index (χ3v) is 2.19. The van der Waals surface area contributed by atoms with Crippen molar-refractivity contribution in [1.82, 2.24) is 0 Å². The van der Waals surface area contributed by atoms with Gasteiger partial charge < -0.3 is 14.6 Å². The quantitative estimate of drug-likeness (QED) is 0.829. The largest absolute Gasteiger partial charge is 0.508 e. The third kappa shape index (κ3) is 2.23. The number of benzene rings is 1.